The van der Waals surface area contributed by atoms with Crippen LogP contribution in [0.5, 0.6) is 0 Å². The predicted molar refractivity (Wildman–Crippen MR) is 74.7 cm³/mol. The first kappa shape index (κ1) is 14.8. The zero-order chi connectivity index (χ0) is 15.1. The Bertz CT molecular complexity index is 672. The average Bonchev–Trinajstić information content (AvgIpc) is 3.02. The number of amides is 1. The number of nitrogens with zero attached hydrogens (tertiary/aromatic N) is 1. The molecule has 0 aliphatic heterocycles. The minimum Gasteiger partial charge on any atom is -0.395 e. The normalized spacial score (nSPS) is 9.81. The monoisotopic (exact) mass is 287 g/mol. The van der Waals surface area contributed by atoms with Crippen LogP contribution in [0.3, 0.4) is 0 Å². The van der Waals surface area contributed by atoms with Crippen molar-refractivity contribution in [3.63, 3.8) is 0 Å². The number of hydrogen-bond acceptors (Lipinski definition) is 3. The van der Waals surface area contributed by atoms with E-state index in [9.17, 15) is 9.18 Å². The Morgan fingerprint density at radius 1 is 1.43 bits per heavy atom. The van der Waals surface area contributed by atoms with Crippen LogP contribution in [0.15, 0.2) is 30.5 Å². The lowest BCUT2D eigenvalue weighted by molar-refractivity contribution is 0.0945. The number of H-pyrrole nitrogens is 1. The first-order valence-electron chi connectivity index (χ1n) is 6.36. The molecular formula is C15H14FN3O2. The van der Waals surface area contributed by atoms with Crippen molar-refractivity contribution >= 4 is 5.91 Å². The molecule has 21 heavy (non-hydrogen) atoms. The maximum Gasteiger partial charge on any atom is 0.269 e. The van der Waals surface area contributed by atoms with E-state index in [0.717, 1.165) is 0 Å². The number of aromatic nitrogens is 2. The summed E-state index contributed by atoms with van der Waals surface area (Å²) in [6, 6.07) is 5.97. The molecule has 0 radical (unpaired) electrons. The van der Waals surface area contributed by atoms with E-state index < -0.39 is 5.82 Å². The highest BCUT2D eigenvalue weighted by Gasteiger charge is 2.08. The Kier molecular flexibility index (Phi) is 5.07. The summed E-state index contributed by atoms with van der Waals surface area (Å²) in [5.41, 5.74) is 1.30. The van der Waals surface area contributed by atoms with Crippen LogP contribution in [0.2, 0.25) is 0 Å². The number of carbonyl (C=O) groups excluding carboxylic acids is 1. The summed E-state index contributed by atoms with van der Waals surface area (Å²) in [6.07, 6.45) is 1.83. The third kappa shape index (κ3) is 4.16. The van der Waals surface area contributed by atoms with E-state index in [2.05, 4.69) is 27.4 Å². The van der Waals surface area contributed by atoms with E-state index in [-0.39, 0.29) is 19.1 Å². The highest BCUT2D eigenvalue weighted by Crippen LogP contribution is 2.10. The molecule has 0 spiro atoms. The Balaban J connectivity index is 2.04. The molecule has 1 aromatic heterocycles. The topological polar surface area (TPSA) is 78.0 Å². The van der Waals surface area contributed by atoms with E-state index in [0.29, 0.717) is 23.2 Å². The van der Waals surface area contributed by atoms with Crippen LogP contribution in [0.1, 0.15) is 28.0 Å². The number of hydrogen-bond donors (Lipinski definition) is 3. The lowest BCUT2D eigenvalue weighted by atomic mass is 10.1. The SMILES string of the molecule is O=C(NCc1cc(C#CCCO)ccc1F)c1ccn[nH]1. The molecule has 2 rings (SSSR count). The van der Waals surface area contributed by atoms with Crippen LogP contribution in [-0.4, -0.2) is 27.8 Å². The van der Waals surface area contributed by atoms with Gasteiger partial charge in [0.1, 0.15) is 11.5 Å². The molecule has 0 atom stereocenters. The summed E-state index contributed by atoms with van der Waals surface area (Å²) in [5, 5.41) is 17.5. The van der Waals surface area contributed by atoms with Gasteiger partial charge in [-0.25, -0.2) is 4.39 Å². The van der Waals surface area contributed by atoms with Crippen LogP contribution in [0, 0.1) is 17.7 Å². The summed E-state index contributed by atoms with van der Waals surface area (Å²) in [4.78, 5) is 11.7. The summed E-state index contributed by atoms with van der Waals surface area (Å²) in [7, 11) is 0. The van der Waals surface area contributed by atoms with Crippen molar-refractivity contribution in [3.05, 3.63) is 53.1 Å². The molecule has 0 unspecified atom stereocenters. The molecule has 0 fully saturated rings. The van der Waals surface area contributed by atoms with Gasteiger partial charge >= 0.3 is 0 Å². The second kappa shape index (κ2) is 7.22. The Labute approximate surface area is 121 Å². The first-order chi connectivity index (χ1) is 10.2. The fourth-order valence-corrected chi connectivity index (χ4v) is 1.66. The summed E-state index contributed by atoms with van der Waals surface area (Å²) >= 11 is 0. The Morgan fingerprint density at radius 3 is 3.00 bits per heavy atom. The highest BCUT2D eigenvalue weighted by atomic mass is 19.1. The van der Waals surface area contributed by atoms with Gasteiger partial charge in [0.25, 0.3) is 5.91 Å². The molecular weight excluding hydrogens is 273 g/mol. The van der Waals surface area contributed by atoms with Crippen LogP contribution in [0.25, 0.3) is 0 Å². The van der Waals surface area contributed by atoms with E-state index in [1.807, 2.05) is 0 Å². The van der Waals surface area contributed by atoms with Gasteiger partial charge in [0.15, 0.2) is 0 Å². The van der Waals surface area contributed by atoms with Gasteiger partial charge in [-0.05, 0) is 24.3 Å². The van der Waals surface area contributed by atoms with Crippen molar-refractivity contribution in [2.75, 3.05) is 6.61 Å². The molecule has 6 heteroatoms. The van der Waals surface area contributed by atoms with Gasteiger partial charge < -0.3 is 10.4 Å². The van der Waals surface area contributed by atoms with Gasteiger partial charge in [-0.15, -0.1) is 0 Å². The van der Waals surface area contributed by atoms with Crippen LogP contribution >= 0.6 is 0 Å². The van der Waals surface area contributed by atoms with Crippen molar-refractivity contribution in [2.24, 2.45) is 0 Å². The zero-order valence-electron chi connectivity index (χ0n) is 11.2. The fourth-order valence-electron chi connectivity index (χ4n) is 1.66. The van der Waals surface area contributed by atoms with Crippen LogP contribution < -0.4 is 5.32 Å². The van der Waals surface area contributed by atoms with Gasteiger partial charge in [-0.2, -0.15) is 5.10 Å². The second-order valence-corrected chi connectivity index (χ2v) is 4.23. The van der Waals surface area contributed by atoms with E-state index in [1.54, 1.807) is 12.1 Å². The maximum atomic E-state index is 13.7. The van der Waals surface area contributed by atoms with Crippen molar-refractivity contribution in [1.29, 1.82) is 0 Å². The number of halogens is 1. The number of aliphatic hydroxyl groups is 1. The number of nitrogens with one attached hydrogen (secondary N) is 2. The quantitative estimate of drug-likeness (QED) is 0.740. The maximum absolute atomic E-state index is 13.7. The molecule has 5 nitrogen and oxygen atoms in total. The molecule has 0 aliphatic rings. The fraction of sp³-hybridized carbons (Fsp3) is 0.200. The van der Waals surface area contributed by atoms with Gasteiger partial charge in [0.2, 0.25) is 0 Å². The number of rotatable bonds is 4. The van der Waals surface area contributed by atoms with Crippen molar-refractivity contribution in [3.8, 4) is 11.8 Å². The Morgan fingerprint density at radius 2 is 2.29 bits per heavy atom. The van der Waals surface area contributed by atoms with Gasteiger partial charge in [-0.1, -0.05) is 11.8 Å². The molecule has 2 aromatic rings. The van der Waals surface area contributed by atoms with Gasteiger partial charge in [0.05, 0.1) is 6.61 Å². The molecule has 0 bridgehead atoms. The van der Waals surface area contributed by atoms with E-state index in [1.165, 1.54) is 18.3 Å². The van der Waals surface area contributed by atoms with E-state index >= 15 is 0 Å². The highest BCUT2D eigenvalue weighted by molar-refractivity contribution is 5.92. The predicted octanol–water partition coefficient (Wildman–Crippen LogP) is 1.21. The molecule has 1 aromatic carbocycles. The second-order valence-electron chi connectivity index (χ2n) is 4.23. The summed E-state index contributed by atoms with van der Waals surface area (Å²) in [5.74, 6) is 4.82. The molecule has 1 amide bonds. The van der Waals surface area contributed by atoms with E-state index in [4.69, 9.17) is 5.11 Å². The average molecular weight is 287 g/mol. The minimum atomic E-state index is -0.410. The summed E-state index contributed by atoms with van der Waals surface area (Å²) < 4.78 is 13.7. The van der Waals surface area contributed by atoms with Crippen molar-refractivity contribution in [2.45, 2.75) is 13.0 Å². The number of aromatic amines is 1. The number of benzene rings is 1. The smallest absolute Gasteiger partial charge is 0.269 e. The van der Waals surface area contributed by atoms with Crippen LogP contribution in [0.4, 0.5) is 4.39 Å². The third-order valence-corrected chi connectivity index (χ3v) is 2.70. The van der Waals surface area contributed by atoms with Gasteiger partial charge in [-0.3, -0.25) is 9.89 Å². The molecule has 0 aliphatic carbocycles. The molecule has 0 saturated heterocycles. The lowest BCUT2D eigenvalue weighted by Crippen LogP contribution is -2.23. The zero-order valence-corrected chi connectivity index (χ0v) is 11.2. The van der Waals surface area contributed by atoms with Crippen molar-refractivity contribution in [1.82, 2.24) is 15.5 Å². The Hall–Kier alpha value is -2.65. The third-order valence-electron chi connectivity index (χ3n) is 2.70. The summed E-state index contributed by atoms with van der Waals surface area (Å²) in [6.45, 7) is 0.0422. The first-order valence-corrected chi connectivity index (χ1v) is 6.36. The number of carbonyl (C=O) groups is 1. The largest absolute Gasteiger partial charge is 0.395 e. The lowest BCUT2D eigenvalue weighted by Gasteiger charge is -2.06. The molecule has 0 saturated carbocycles. The van der Waals surface area contributed by atoms with Crippen molar-refractivity contribution < 1.29 is 14.3 Å². The number of aliphatic hydroxyl groups excluding tert-OH is 1. The molecule has 108 valence electrons. The minimum absolute atomic E-state index is 0.0126. The standard InChI is InChI=1S/C15H14FN3O2/c16-13-5-4-11(3-1-2-8-20)9-12(13)10-17-15(21)14-6-7-18-19-14/h4-7,9,20H,2,8,10H2,(H,17,21)(H,18,19). The van der Waals surface area contributed by atoms with Gasteiger partial charge in [0, 0.05) is 30.3 Å². The van der Waals surface area contributed by atoms with Crippen LogP contribution in [-0.2, 0) is 6.54 Å². The molecule has 1 heterocycles. The molecule has 3 N–H and O–H groups in total.